The average Bonchev–Trinajstić information content (AvgIpc) is 2.81. The molecule has 1 rings (SSSR count). The predicted molar refractivity (Wildman–Crippen MR) is 134 cm³/mol. The molecule has 8 N–H and O–H groups in total. The number of nitrogens with one attached hydrogen (secondary N) is 3. The van der Waals surface area contributed by atoms with Crippen LogP contribution < -0.4 is 27.4 Å². The van der Waals surface area contributed by atoms with E-state index in [0.717, 1.165) is 5.56 Å². The smallest absolute Gasteiger partial charge is 0.326 e. The maximum atomic E-state index is 13.0. The van der Waals surface area contributed by atoms with E-state index < -0.39 is 60.2 Å². The normalized spacial score (nSPS) is 15.2. The van der Waals surface area contributed by atoms with E-state index in [4.69, 9.17) is 11.5 Å². The van der Waals surface area contributed by atoms with Gasteiger partial charge in [0.05, 0.1) is 12.5 Å². The van der Waals surface area contributed by atoms with Crippen LogP contribution in [-0.2, 0) is 30.4 Å². The number of hydrogen-bond acceptors (Lipinski definition) is 6. The molecule has 0 heterocycles. The van der Waals surface area contributed by atoms with Gasteiger partial charge in [0.25, 0.3) is 0 Å². The second-order valence-corrected chi connectivity index (χ2v) is 9.42. The molecule has 0 aliphatic rings. The van der Waals surface area contributed by atoms with Gasteiger partial charge in [-0.1, -0.05) is 64.4 Å². The number of carbonyl (C=O) groups is 5. The Bertz CT molecular complexity index is 907. The summed E-state index contributed by atoms with van der Waals surface area (Å²) in [6.07, 6.45) is 0.384. The molecule has 11 nitrogen and oxygen atoms in total. The van der Waals surface area contributed by atoms with Crippen LogP contribution >= 0.6 is 0 Å². The van der Waals surface area contributed by atoms with Crippen molar-refractivity contribution in [2.45, 2.75) is 77.5 Å². The molecule has 0 fully saturated rings. The van der Waals surface area contributed by atoms with Gasteiger partial charge >= 0.3 is 5.97 Å². The van der Waals surface area contributed by atoms with Crippen LogP contribution in [0.5, 0.6) is 0 Å². The first kappa shape index (κ1) is 30.6. The maximum absolute atomic E-state index is 13.0. The molecule has 0 aromatic heterocycles. The SMILES string of the molecule is CCC(C)C(N)C(=O)NC(CC(N)=O)C(=O)NC(CC(C)C)C(=O)NC(Cc1ccccc1)C(=O)O. The first-order valence-electron chi connectivity index (χ1n) is 12.1. The lowest BCUT2D eigenvalue weighted by Gasteiger charge is -2.26. The molecular weight excluding hydrogens is 466 g/mol. The number of carboxylic acids is 1. The second kappa shape index (κ2) is 14.8. The van der Waals surface area contributed by atoms with E-state index in [-0.39, 0.29) is 24.7 Å². The van der Waals surface area contributed by atoms with Gasteiger partial charge in [0.1, 0.15) is 18.1 Å². The molecule has 0 spiro atoms. The topological polar surface area (TPSA) is 194 Å². The molecule has 0 saturated heterocycles. The lowest BCUT2D eigenvalue weighted by molar-refractivity contribution is -0.142. The van der Waals surface area contributed by atoms with Gasteiger partial charge in [-0.3, -0.25) is 19.2 Å². The number of primary amides is 1. The molecule has 0 saturated carbocycles. The fourth-order valence-corrected chi connectivity index (χ4v) is 3.49. The van der Waals surface area contributed by atoms with Gasteiger partial charge in [0, 0.05) is 6.42 Å². The van der Waals surface area contributed by atoms with E-state index in [1.807, 2.05) is 20.8 Å². The maximum Gasteiger partial charge on any atom is 0.326 e. The zero-order chi connectivity index (χ0) is 27.4. The van der Waals surface area contributed by atoms with E-state index in [1.165, 1.54) is 0 Å². The van der Waals surface area contributed by atoms with Crippen molar-refractivity contribution in [3.05, 3.63) is 35.9 Å². The van der Waals surface area contributed by atoms with Crippen molar-refractivity contribution >= 4 is 29.6 Å². The fraction of sp³-hybridized carbons (Fsp3) is 0.560. The number of aliphatic carboxylic acids is 1. The van der Waals surface area contributed by atoms with Crippen LogP contribution in [0.3, 0.4) is 0 Å². The number of hydrogen-bond donors (Lipinski definition) is 6. The molecule has 0 bridgehead atoms. The highest BCUT2D eigenvalue weighted by Gasteiger charge is 2.32. The number of carbonyl (C=O) groups excluding carboxylic acids is 4. The van der Waals surface area contributed by atoms with Gasteiger partial charge in [0.2, 0.25) is 23.6 Å². The van der Waals surface area contributed by atoms with Crippen LogP contribution in [-0.4, -0.2) is 58.9 Å². The lowest BCUT2D eigenvalue weighted by atomic mass is 9.98. The Hall–Kier alpha value is -3.47. The summed E-state index contributed by atoms with van der Waals surface area (Å²) in [6, 6.07) is 4.24. The van der Waals surface area contributed by atoms with Crippen molar-refractivity contribution in [3.63, 3.8) is 0 Å². The number of benzene rings is 1. The molecule has 0 aliphatic heterocycles. The molecule has 5 atom stereocenters. The van der Waals surface area contributed by atoms with Crippen molar-refractivity contribution in [1.29, 1.82) is 0 Å². The third kappa shape index (κ3) is 10.4. The molecule has 5 unspecified atom stereocenters. The highest BCUT2D eigenvalue weighted by molar-refractivity contribution is 5.96. The summed E-state index contributed by atoms with van der Waals surface area (Å²) >= 11 is 0. The zero-order valence-electron chi connectivity index (χ0n) is 21.3. The minimum Gasteiger partial charge on any atom is -0.480 e. The van der Waals surface area contributed by atoms with Crippen molar-refractivity contribution in [2.24, 2.45) is 23.3 Å². The highest BCUT2D eigenvalue weighted by Crippen LogP contribution is 2.10. The quantitative estimate of drug-likeness (QED) is 0.194. The Morgan fingerprint density at radius 3 is 1.89 bits per heavy atom. The molecule has 1 aromatic rings. The third-order valence-corrected chi connectivity index (χ3v) is 5.84. The van der Waals surface area contributed by atoms with Gasteiger partial charge in [0.15, 0.2) is 0 Å². The minimum atomic E-state index is -1.34. The van der Waals surface area contributed by atoms with Crippen LogP contribution in [0.2, 0.25) is 0 Å². The largest absolute Gasteiger partial charge is 0.480 e. The molecule has 0 radical (unpaired) electrons. The van der Waals surface area contributed by atoms with Crippen molar-refractivity contribution in [2.75, 3.05) is 0 Å². The van der Waals surface area contributed by atoms with E-state index in [0.29, 0.717) is 6.42 Å². The Morgan fingerprint density at radius 1 is 0.861 bits per heavy atom. The van der Waals surface area contributed by atoms with Crippen molar-refractivity contribution < 1.29 is 29.1 Å². The van der Waals surface area contributed by atoms with Crippen LogP contribution in [0.4, 0.5) is 0 Å². The van der Waals surface area contributed by atoms with E-state index >= 15 is 0 Å². The Kier molecular flexibility index (Phi) is 12.6. The summed E-state index contributed by atoms with van der Waals surface area (Å²) in [5.74, 6) is -4.37. The number of rotatable bonds is 15. The Balaban J connectivity index is 3.02. The second-order valence-electron chi connectivity index (χ2n) is 9.42. The van der Waals surface area contributed by atoms with Crippen LogP contribution in [0.1, 0.15) is 52.5 Å². The Labute approximate surface area is 211 Å². The summed E-state index contributed by atoms with van der Waals surface area (Å²) in [6.45, 7) is 7.31. The van der Waals surface area contributed by atoms with Gasteiger partial charge in [-0.15, -0.1) is 0 Å². The first-order valence-corrected chi connectivity index (χ1v) is 12.1. The molecule has 1 aromatic carbocycles. The first-order chi connectivity index (χ1) is 16.8. The molecule has 200 valence electrons. The van der Waals surface area contributed by atoms with E-state index in [9.17, 15) is 29.1 Å². The predicted octanol–water partition coefficient (Wildman–Crippen LogP) is 0.0630. The van der Waals surface area contributed by atoms with Crippen molar-refractivity contribution in [1.82, 2.24) is 16.0 Å². The van der Waals surface area contributed by atoms with Gasteiger partial charge in [-0.25, -0.2) is 4.79 Å². The van der Waals surface area contributed by atoms with E-state index in [1.54, 1.807) is 37.3 Å². The third-order valence-electron chi connectivity index (χ3n) is 5.84. The van der Waals surface area contributed by atoms with Gasteiger partial charge in [-0.05, 0) is 23.8 Å². The molecule has 0 aliphatic carbocycles. The van der Waals surface area contributed by atoms with Crippen LogP contribution in [0, 0.1) is 11.8 Å². The fourth-order valence-electron chi connectivity index (χ4n) is 3.49. The molecule has 11 heteroatoms. The minimum absolute atomic E-state index is 0.0403. The summed E-state index contributed by atoms with van der Waals surface area (Å²) < 4.78 is 0. The number of amides is 4. The number of carboxylic acid groups (broad SMARTS) is 1. The average molecular weight is 506 g/mol. The summed E-state index contributed by atoms with van der Waals surface area (Å²) in [5.41, 5.74) is 11.9. The van der Waals surface area contributed by atoms with Gasteiger partial charge in [-0.2, -0.15) is 0 Å². The van der Waals surface area contributed by atoms with E-state index in [2.05, 4.69) is 16.0 Å². The van der Waals surface area contributed by atoms with Crippen molar-refractivity contribution in [3.8, 4) is 0 Å². The molecular formula is C25H39N5O6. The van der Waals surface area contributed by atoms with Crippen LogP contribution in [0.25, 0.3) is 0 Å². The number of nitrogens with two attached hydrogens (primary N) is 2. The monoisotopic (exact) mass is 505 g/mol. The van der Waals surface area contributed by atoms with Crippen LogP contribution in [0.15, 0.2) is 30.3 Å². The summed E-state index contributed by atoms with van der Waals surface area (Å²) in [7, 11) is 0. The standard InChI is InChI=1S/C25H39N5O6/c1-5-15(4)21(27)24(34)29-18(13-20(26)31)23(33)28-17(11-14(2)3)22(32)30-19(25(35)36)12-16-9-7-6-8-10-16/h6-10,14-15,17-19,21H,5,11-13,27H2,1-4H3,(H2,26,31)(H,28,33)(H,29,34)(H,30,32)(H,35,36). The summed E-state index contributed by atoms with van der Waals surface area (Å²) in [4.78, 5) is 61.9. The molecule has 4 amide bonds. The summed E-state index contributed by atoms with van der Waals surface area (Å²) in [5, 5.41) is 17.1. The highest BCUT2D eigenvalue weighted by atomic mass is 16.4. The van der Waals surface area contributed by atoms with Gasteiger partial charge < -0.3 is 32.5 Å². The lowest BCUT2D eigenvalue weighted by Crippen LogP contribution is -2.58. The zero-order valence-corrected chi connectivity index (χ0v) is 21.3. The Morgan fingerprint density at radius 2 is 1.39 bits per heavy atom. The molecule has 36 heavy (non-hydrogen) atoms.